The molecular formula is C27H23FN6O6S. The van der Waals surface area contributed by atoms with E-state index in [-0.39, 0.29) is 28.4 Å². The van der Waals surface area contributed by atoms with Crippen LogP contribution in [-0.4, -0.2) is 66.0 Å². The van der Waals surface area contributed by atoms with Crippen LogP contribution in [0.25, 0.3) is 44.8 Å². The summed E-state index contributed by atoms with van der Waals surface area (Å²) in [6.45, 7) is -0.466. The van der Waals surface area contributed by atoms with Gasteiger partial charge in [0.2, 0.25) is 15.8 Å². The van der Waals surface area contributed by atoms with Gasteiger partial charge in [-0.1, -0.05) is 18.2 Å². The Kier molecular flexibility index (Phi) is 7.01. The molecule has 5 aromatic rings. The Bertz CT molecular complexity index is 1920. The monoisotopic (exact) mass is 578 g/mol. The molecule has 0 atom stereocenters. The average molecular weight is 579 g/mol. The number of carboxylic acid groups (broad SMARTS) is 1. The molecule has 2 aromatic heterocycles. The molecule has 0 aliphatic carbocycles. The van der Waals surface area contributed by atoms with Gasteiger partial charge in [-0.3, -0.25) is 13.9 Å². The molecule has 0 saturated carbocycles. The fourth-order valence-electron chi connectivity index (χ4n) is 4.33. The van der Waals surface area contributed by atoms with Gasteiger partial charge < -0.3 is 14.8 Å². The lowest BCUT2D eigenvalue weighted by atomic mass is 9.97. The van der Waals surface area contributed by atoms with Crippen LogP contribution in [-0.2, 0) is 21.4 Å². The third kappa shape index (κ3) is 5.36. The van der Waals surface area contributed by atoms with E-state index in [2.05, 4.69) is 20.7 Å². The molecule has 0 bridgehead atoms. The smallest absolute Gasteiger partial charge is 0.327 e. The van der Waals surface area contributed by atoms with E-state index in [4.69, 9.17) is 9.52 Å². The second-order valence-electron chi connectivity index (χ2n) is 9.11. The molecule has 14 heteroatoms. The second kappa shape index (κ2) is 10.5. The molecule has 0 aliphatic rings. The van der Waals surface area contributed by atoms with Gasteiger partial charge in [0.15, 0.2) is 6.54 Å². The minimum atomic E-state index is -3.73. The van der Waals surface area contributed by atoms with Crippen molar-refractivity contribution in [2.75, 3.05) is 24.7 Å². The molecule has 0 unspecified atom stereocenters. The first-order chi connectivity index (χ1) is 19.5. The van der Waals surface area contributed by atoms with Crippen LogP contribution in [0.5, 0.6) is 0 Å². The molecule has 12 nitrogen and oxygen atoms in total. The van der Waals surface area contributed by atoms with Gasteiger partial charge in [-0.05, 0) is 47.2 Å². The van der Waals surface area contributed by atoms with Crippen molar-refractivity contribution < 1.29 is 31.9 Å². The maximum absolute atomic E-state index is 13.6. The summed E-state index contributed by atoms with van der Waals surface area (Å²) in [5.74, 6) is -1.68. The van der Waals surface area contributed by atoms with Gasteiger partial charge in [-0.2, -0.15) is 4.80 Å². The number of hydrogen-bond acceptors (Lipinski definition) is 8. The van der Waals surface area contributed by atoms with Gasteiger partial charge in [0.1, 0.15) is 17.2 Å². The first-order valence-corrected chi connectivity index (χ1v) is 13.9. The van der Waals surface area contributed by atoms with Crippen LogP contribution in [0.2, 0.25) is 0 Å². The van der Waals surface area contributed by atoms with Crippen molar-refractivity contribution in [1.82, 2.24) is 25.5 Å². The second-order valence-corrected chi connectivity index (χ2v) is 11.1. The van der Waals surface area contributed by atoms with E-state index in [1.807, 2.05) is 0 Å². The van der Waals surface area contributed by atoms with Crippen LogP contribution in [0.15, 0.2) is 65.1 Å². The van der Waals surface area contributed by atoms with E-state index in [1.54, 1.807) is 30.3 Å². The van der Waals surface area contributed by atoms with Crippen molar-refractivity contribution in [2.45, 2.75) is 6.54 Å². The summed E-state index contributed by atoms with van der Waals surface area (Å²) in [6.07, 6.45) is 1.06. The number of amides is 1. The number of nitrogens with zero attached hydrogens (tertiary/aromatic N) is 5. The topological polar surface area (TPSA) is 161 Å². The summed E-state index contributed by atoms with van der Waals surface area (Å²) in [7, 11) is -0.866. The van der Waals surface area contributed by atoms with E-state index in [1.165, 1.54) is 44.4 Å². The van der Waals surface area contributed by atoms with Gasteiger partial charge in [0.05, 0.1) is 17.5 Å². The number of tetrazole rings is 1. The quantitative estimate of drug-likeness (QED) is 0.281. The summed E-state index contributed by atoms with van der Waals surface area (Å²) >= 11 is 0. The van der Waals surface area contributed by atoms with E-state index < -0.39 is 34.3 Å². The highest BCUT2D eigenvalue weighted by atomic mass is 32.2. The first-order valence-electron chi connectivity index (χ1n) is 12.1. The normalized spacial score (nSPS) is 11.5. The Balaban J connectivity index is 1.75. The summed E-state index contributed by atoms with van der Waals surface area (Å²) in [4.78, 5) is 25.0. The Morgan fingerprint density at radius 1 is 1.07 bits per heavy atom. The summed E-state index contributed by atoms with van der Waals surface area (Å²) in [5, 5.41) is 23.8. The highest BCUT2D eigenvalue weighted by Crippen LogP contribution is 2.41. The van der Waals surface area contributed by atoms with Crippen LogP contribution >= 0.6 is 0 Å². The highest BCUT2D eigenvalue weighted by molar-refractivity contribution is 7.92. The van der Waals surface area contributed by atoms with Crippen molar-refractivity contribution in [3.8, 4) is 33.8 Å². The molecule has 0 saturated heterocycles. The summed E-state index contributed by atoms with van der Waals surface area (Å²) in [6, 6.07) is 15.5. The standard InChI is InChI=1S/C27H23FN6O6S/c1-29-27(37)24-20-12-19(16-5-4-6-17(11-16)26-30-32-34(31-26)14-23(35)36)21(33(2)41(3,38)39)13-22(20)40-25(24)15-7-9-18(28)10-8-15/h4-13H,14H2,1-3H3,(H,29,37)(H,35,36). The number of furan rings is 1. The number of carbonyl (C=O) groups is 2. The Hall–Kier alpha value is -5.11. The zero-order valence-electron chi connectivity index (χ0n) is 22.0. The van der Waals surface area contributed by atoms with Gasteiger partial charge in [0, 0.05) is 42.2 Å². The number of nitrogens with one attached hydrogen (secondary N) is 1. The predicted molar refractivity (Wildman–Crippen MR) is 148 cm³/mol. The summed E-state index contributed by atoms with van der Waals surface area (Å²) in [5.41, 5.74) is 2.65. The van der Waals surface area contributed by atoms with Crippen LogP contribution in [0, 0.1) is 5.82 Å². The fourth-order valence-corrected chi connectivity index (χ4v) is 4.84. The maximum atomic E-state index is 13.6. The van der Waals surface area contributed by atoms with Gasteiger partial charge in [0.25, 0.3) is 5.91 Å². The molecule has 210 valence electrons. The van der Waals surface area contributed by atoms with Crippen molar-refractivity contribution in [3.63, 3.8) is 0 Å². The van der Waals surface area contributed by atoms with Crippen molar-refractivity contribution in [3.05, 3.63) is 72.0 Å². The first kappa shape index (κ1) is 27.5. The minimum Gasteiger partial charge on any atom is -0.480 e. The number of sulfonamides is 1. The molecular weight excluding hydrogens is 555 g/mol. The van der Waals surface area contributed by atoms with Crippen LogP contribution in [0.4, 0.5) is 10.1 Å². The number of hydrogen-bond donors (Lipinski definition) is 2. The number of carbonyl (C=O) groups excluding carboxylic acids is 1. The van der Waals surface area contributed by atoms with Crippen LogP contribution in [0.1, 0.15) is 10.4 Å². The molecule has 41 heavy (non-hydrogen) atoms. The van der Waals surface area contributed by atoms with E-state index in [9.17, 15) is 22.4 Å². The zero-order valence-corrected chi connectivity index (χ0v) is 22.8. The SMILES string of the molecule is CNC(=O)c1c(-c2ccc(F)cc2)oc2cc(N(C)S(C)(=O)=O)c(-c3cccc(-c4nnn(CC(=O)O)n4)c3)cc12. The number of carboxylic acids is 1. The molecule has 2 N–H and O–H groups in total. The van der Waals surface area contributed by atoms with Crippen molar-refractivity contribution >= 4 is 38.6 Å². The molecule has 0 spiro atoms. The molecule has 0 aliphatic heterocycles. The Morgan fingerprint density at radius 3 is 2.44 bits per heavy atom. The molecule has 5 rings (SSSR count). The van der Waals surface area contributed by atoms with E-state index in [0.29, 0.717) is 27.6 Å². The number of rotatable bonds is 8. The minimum absolute atomic E-state index is 0.167. The molecule has 2 heterocycles. The number of fused-ring (bicyclic) bond motifs is 1. The third-order valence-corrected chi connectivity index (χ3v) is 7.56. The zero-order chi connectivity index (χ0) is 29.5. The van der Waals surface area contributed by atoms with Gasteiger partial charge >= 0.3 is 5.97 Å². The van der Waals surface area contributed by atoms with E-state index in [0.717, 1.165) is 15.4 Å². The fraction of sp³-hybridized carbons (Fsp3) is 0.148. The van der Waals surface area contributed by atoms with Crippen molar-refractivity contribution in [2.24, 2.45) is 0 Å². The lowest BCUT2D eigenvalue weighted by Gasteiger charge is -2.21. The number of halogens is 1. The Morgan fingerprint density at radius 2 is 1.78 bits per heavy atom. The van der Waals surface area contributed by atoms with Gasteiger partial charge in [-0.25, -0.2) is 12.8 Å². The Labute approximate surface area is 233 Å². The number of aliphatic carboxylic acids is 1. The van der Waals surface area contributed by atoms with Crippen molar-refractivity contribution in [1.29, 1.82) is 0 Å². The molecule has 0 radical (unpaired) electrons. The van der Waals surface area contributed by atoms with Crippen LogP contribution in [0.3, 0.4) is 0 Å². The molecule has 0 fully saturated rings. The predicted octanol–water partition coefficient (Wildman–Crippen LogP) is 3.40. The molecule has 3 aromatic carbocycles. The number of aromatic nitrogens is 4. The third-order valence-electron chi connectivity index (χ3n) is 6.36. The van der Waals surface area contributed by atoms with E-state index >= 15 is 0 Å². The maximum Gasteiger partial charge on any atom is 0.327 e. The largest absolute Gasteiger partial charge is 0.480 e. The molecule has 1 amide bonds. The highest BCUT2D eigenvalue weighted by Gasteiger charge is 2.26. The van der Waals surface area contributed by atoms with Gasteiger partial charge in [-0.15, -0.1) is 10.2 Å². The lowest BCUT2D eigenvalue weighted by molar-refractivity contribution is -0.138. The lowest BCUT2D eigenvalue weighted by Crippen LogP contribution is -2.25. The number of benzene rings is 3. The summed E-state index contributed by atoms with van der Waals surface area (Å²) < 4.78 is 46.1. The number of anilines is 1. The average Bonchev–Trinajstić information content (AvgIpc) is 3.55. The van der Waals surface area contributed by atoms with Crippen LogP contribution < -0.4 is 9.62 Å².